The third kappa shape index (κ3) is 4.77. The highest BCUT2D eigenvalue weighted by Crippen LogP contribution is 2.18. The van der Waals surface area contributed by atoms with Gasteiger partial charge in [0.25, 0.3) is 0 Å². The third-order valence-electron chi connectivity index (χ3n) is 2.30. The van der Waals surface area contributed by atoms with Gasteiger partial charge in [0.1, 0.15) is 0 Å². The van der Waals surface area contributed by atoms with Crippen molar-refractivity contribution in [1.82, 2.24) is 0 Å². The molecule has 86 valence electrons. The Hall–Kier alpha value is -0.870. The van der Waals surface area contributed by atoms with E-state index in [1.54, 1.807) is 0 Å². The highest BCUT2D eigenvalue weighted by molar-refractivity contribution is 7.99. The molecule has 0 saturated heterocycles. The maximum atomic E-state index is 3.27. The molecule has 1 unspecified atom stereocenters. The van der Waals surface area contributed by atoms with Crippen molar-refractivity contribution in [2.24, 2.45) is 5.92 Å². The number of rotatable bonds is 4. The Morgan fingerprint density at radius 3 is 2.44 bits per heavy atom. The minimum atomic E-state index is 0.463. The summed E-state index contributed by atoms with van der Waals surface area (Å²) in [6.45, 7) is 6.47. The van der Waals surface area contributed by atoms with E-state index in [-0.39, 0.29) is 0 Å². The zero-order valence-electron chi connectivity index (χ0n) is 10.4. The summed E-state index contributed by atoms with van der Waals surface area (Å²) < 4.78 is 0. The summed E-state index contributed by atoms with van der Waals surface area (Å²) in [6.07, 6.45) is 2.01. The maximum Gasteiger partial charge on any atom is 0.0214 e. The molecular weight excluding hydrogens is 212 g/mol. The van der Waals surface area contributed by atoms with Gasteiger partial charge in [-0.05, 0) is 29.9 Å². The van der Waals surface area contributed by atoms with Crippen LogP contribution in [0.4, 0.5) is 0 Å². The Morgan fingerprint density at radius 1 is 1.19 bits per heavy atom. The Labute approximate surface area is 104 Å². The van der Waals surface area contributed by atoms with Gasteiger partial charge < -0.3 is 0 Å². The third-order valence-corrected chi connectivity index (χ3v) is 3.20. The zero-order valence-corrected chi connectivity index (χ0v) is 11.2. The van der Waals surface area contributed by atoms with Crippen molar-refractivity contribution in [1.29, 1.82) is 0 Å². The molecule has 0 aliphatic carbocycles. The quantitative estimate of drug-likeness (QED) is 0.548. The van der Waals surface area contributed by atoms with Gasteiger partial charge in [0, 0.05) is 17.2 Å². The molecule has 0 aromatic heterocycles. The van der Waals surface area contributed by atoms with E-state index in [1.807, 2.05) is 11.8 Å². The first kappa shape index (κ1) is 13.2. The molecule has 0 N–H and O–H groups in total. The molecule has 1 atom stereocenters. The standard InChI is InChI=1S/C15H20S/c1-4-6-7-13(3)12-14-8-10-15(11-9-14)16-5-2/h8-11,13H,4-5,12H2,1-3H3. The molecule has 0 bridgehead atoms. The number of hydrogen-bond donors (Lipinski definition) is 0. The van der Waals surface area contributed by atoms with Gasteiger partial charge in [0.05, 0.1) is 0 Å². The zero-order chi connectivity index (χ0) is 11.8. The van der Waals surface area contributed by atoms with E-state index < -0.39 is 0 Å². The highest BCUT2D eigenvalue weighted by Gasteiger charge is 2.00. The highest BCUT2D eigenvalue weighted by atomic mass is 32.2. The van der Waals surface area contributed by atoms with Crippen LogP contribution < -0.4 is 0 Å². The van der Waals surface area contributed by atoms with Crippen molar-refractivity contribution >= 4 is 11.8 Å². The molecule has 0 amide bonds. The van der Waals surface area contributed by atoms with Gasteiger partial charge in [-0.15, -0.1) is 17.7 Å². The maximum absolute atomic E-state index is 3.27. The van der Waals surface area contributed by atoms with E-state index in [9.17, 15) is 0 Å². The second kappa shape index (κ2) is 7.41. The molecule has 0 spiro atoms. The minimum Gasteiger partial charge on any atom is -0.126 e. The predicted molar refractivity (Wildman–Crippen MR) is 73.8 cm³/mol. The molecule has 0 nitrogen and oxygen atoms in total. The van der Waals surface area contributed by atoms with Crippen LogP contribution in [-0.2, 0) is 6.42 Å². The lowest BCUT2D eigenvalue weighted by atomic mass is 10.0. The Morgan fingerprint density at radius 2 is 1.88 bits per heavy atom. The molecule has 0 aliphatic rings. The van der Waals surface area contributed by atoms with Crippen LogP contribution in [-0.4, -0.2) is 5.75 Å². The van der Waals surface area contributed by atoms with Crippen molar-refractivity contribution < 1.29 is 0 Å². The van der Waals surface area contributed by atoms with E-state index in [0.717, 1.165) is 18.6 Å². The van der Waals surface area contributed by atoms with Crippen molar-refractivity contribution in [3.63, 3.8) is 0 Å². The molecule has 1 heteroatoms. The predicted octanol–water partition coefficient (Wildman–Crippen LogP) is 4.39. The molecule has 1 rings (SSSR count). The fraction of sp³-hybridized carbons (Fsp3) is 0.467. The molecule has 0 fully saturated rings. The average molecular weight is 232 g/mol. The lowest BCUT2D eigenvalue weighted by Gasteiger charge is -2.05. The van der Waals surface area contributed by atoms with Crippen molar-refractivity contribution in [2.45, 2.75) is 38.5 Å². The molecule has 0 radical (unpaired) electrons. The lowest BCUT2D eigenvalue weighted by Crippen LogP contribution is -1.96. The fourth-order valence-corrected chi connectivity index (χ4v) is 2.23. The normalized spacial score (nSPS) is 11.7. The van der Waals surface area contributed by atoms with Crippen LogP contribution >= 0.6 is 11.8 Å². The van der Waals surface area contributed by atoms with E-state index in [4.69, 9.17) is 0 Å². The fourth-order valence-electron chi connectivity index (χ4n) is 1.57. The molecule has 1 aromatic rings. The van der Waals surface area contributed by atoms with Gasteiger partial charge in [-0.1, -0.05) is 38.8 Å². The van der Waals surface area contributed by atoms with E-state index in [2.05, 4.69) is 56.9 Å². The first-order chi connectivity index (χ1) is 7.76. The Kier molecular flexibility index (Phi) is 6.11. The average Bonchev–Trinajstić information content (AvgIpc) is 2.29. The largest absolute Gasteiger partial charge is 0.126 e. The summed E-state index contributed by atoms with van der Waals surface area (Å²) >= 11 is 1.89. The Balaban J connectivity index is 2.54. The van der Waals surface area contributed by atoms with Gasteiger partial charge in [-0.2, -0.15) is 0 Å². The van der Waals surface area contributed by atoms with Crippen LogP contribution in [0.2, 0.25) is 0 Å². The van der Waals surface area contributed by atoms with E-state index in [0.29, 0.717) is 5.92 Å². The summed E-state index contributed by atoms with van der Waals surface area (Å²) in [7, 11) is 0. The summed E-state index contributed by atoms with van der Waals surface area (Å²) in [5.41, 5.74) is 1.39. The van der Waals surface area contributed by atoms with Crippen LogP contribution in [0.25, 0.3) is 0 Å². The number of benzene rings is 1. The van der Waals surface area contributed by atoms with Gasteiger partial charge >= 0.3 is 0 Å². The van der Waals surface area contributed by atoms with Gasteiger partial charge in [-0.3, -0.25) is 0 Å². The van der Waals surface area contributed by atoms with Gasteiger partial charge in [0.15, 0.2) is 0 Å². The van der Waals surface area contributed by atoms with E-state index >= 15 is 0 Å². The van der Waals surface area contributed by atoms with Gasteiger partial charge in [-0.25, -0.2) is 0 Å². The summed E-state index contributed by atoms with van der Waals surface area (Å²) in [6, 6.07) is 8.87. The van der Waals surface area contributed by atoms with Gasteiger partial charge in [0.2, 0.25) is 0 Å². The molecular formula is C15H20S. The molecule has 0 heterocycles. The first-order valence-electron chi connectivity index (χ1n) is 5.96. The summed E-state index contributed by atoms with van der Waals surface area (Å²) in [4.78, 5) is 1.36. The number of thioether (sulfide) groups is 1. The molecule has 0 saturated carbocycles. The number of hydrogen-bond acceptors (Lipinski definition) is 1. The topological polar surface area (TPSA) is 0 Å². The van der Waals surface area contributed by atoms with Crippen LogP contribution in [0.5, 0.6) is 0 Å². The van der Waals surface area contributed by atoms with Crippen LogP contribution in [0.1, 0.15) is 32.8 Å². The second-order valence-corrected chi connectivity index (χ2v) is 5.19. The smallest absolute Gasteiger partial charge is 0.0214 e. The second-order valence-electron chi connectivity index (χ2n) is 3.86. The van der Waals surface area contributed by atoms with Crippen LogP contribution in [0, 0.1) is 17.8 Å². The molecule has 16 heavy (non-hydrogen) atoms. The Bertz CT molecular complexity index is 353. The lowest BCUT2D eigenvalue weighted by molar-refractivity contribution is 0.749. The monoisotopic (exact) mass is 232 g/mol. The van der Waals surface area contributed by atoms with Crippen LogP contribution in [0.3, 0.4) is 0 Å². The van der Waals surface area contributed by atoms with Crippen molar-refractivity contribution in [3.8, 4) is 11.8 Å². The SMILES string of the molecule is CCC#CC(C)Cc1ccc(SCC)cc1. The molecule has 1 aromatic carbocycles. The van der Waals surface area contributed by atoms with Crippen molar-refractivity contribution in [3.05, 3.63) is 29.8 Å². The summed E-state index contributed by atoms with van der Waals surface area (Å²) in [5.74, 6) is 8.01. The first-order valence-corrected chi connectivity index (χ1v) is 6.95. The summed E-state index contributed by atoms with van der Waals surface area (Å²) in [5, 5.41) is 0. The van der Waals surface area contributed by atoms with Crippen LogP contribution in [0.15, 0.2) is 29.2 Å². The van der Waals surface area contributed by atoms with Crippen molar-refractivity contribution in [2.75, 3.05) is 5.75 Å². The molecule has 0 aliphatic heterocycles. The minimum absolute atomic E-state index is 0.463. The van der Waals surface area contributed by atoms with E-state index in [1.165, 1.54) is 10.5 Å².